The zero-order valence-corrected chi connectivity index (χ0v) is 11.0. The molecule has 0 aliphatic carbocycles. The third-order valence-corrected chi connectivity index (χ3v) is 3.13. The van der Waals surface area contributed by atoms with Crippen molar-refractivity contribution in [1.82, 2.24) is 0 Å². The van der Waals surface area contributed by atoms with Crippen LogP contribution in [0.1, 0.15) is 5.56 Å². The first-order valence-electron chi connectivity index (χ1n) is 5.48. The Hall–Kier alpha value is -1.16. The summed E-state index contributed by atoms with van der Waals surface area (Å²) in [7, 11) is -5.69. The lowest BCUT2D eigenvalue weighted by Gasteiger charge is -2.13. The van der Waals surface area contributed by atoms with Gasteiger partial charge in [0, 0.05) is 0 Å². The normalized spacial score (nSPS) is 14.2. The lowest BCUT2D eigenvalue weighted by Crippen LogP contribution is -2.30. The summed E-state index contributed by atoms with van der Waals surface area (Å²) < 4.78 is 65.6. The highest BCUT2D eigenvalue weighted by atomic mass is 32.2. The number of alkyl halides is 3. The van der Waals surface area contributed by atoms with Gasteiger partial charge in [-0.1, -0.05) is 30.3 Å². The van der Waals surface area contributed by atoms with E-state index in [0.29, 0.717) is 0 Å². The molecule has 0 radical (unpaired) electrons. The molecule has 0 heterocycles. The SMILES string of the molecule is O=S(=O)(OC[C@@H](O)COCc1ccccc1)C(F)(F)F. The van der Waals surface area contributed by atoms with Crippen LogP contribution in [-0.4, -0.2) is 38.4 Å². The minimum Gasteiger partial charge on any atom is -0.388 e. The van der Waals surface area contributed by atoms with Crippen molar-refractivity contribution in [3.05, 3.63) is 35.9 Å². The van der Waals surface area contributed by atoms with Gasteiger partial charge in [-0.3, -0.25) is 4.18 Å². The zero-order valence-electron chi connectivity index (χ0n) is 10.2. The maximum atomic E-state index is 11.9. The third kappa shape index (κ3) is 5.45. The Labute approximate surface area is 114 Å². The predicted octanol–water partition coefficient (Wildman–Crippen LogP) is 1.43. The van der Waals surface area contributed by atoms with Gasteiger partial charge in [-0.05, 0) is 5.56 Å². The van der Waals surface area contributed by atoms with Crippen LogP contribution in [0, 0.1) is 0 Å². The Morgan fingerprint density at radius 2 is 1.75 bits per heavy atom. The maximum absolute atomic E-state index is 11.9. The second-order valence-corrected chi connectivity index (χ2v) is 5.45. The molecule has 9 heteroatoms. The number of halogens is 3. The quantitative estimate of drug-likeness (QED) is 0.609. The van der Waals surface area contributed by atoms with Crippen LogP contribution < -0.4 is 0 Å². The highest BCUT2D eigenvalue weighted by Gasteiger charge is 2.47. The van der Waals surface area contributed by atoms with Crippen LogP contribution in [0.15, 0.2) is 30.3 Å². The molecule has 114 valence electrons. The Bertz CT molecular complexity index is 501. The minimum absolute atomic E-state index is 0.143. The number of ether oxygens (including phenoxy) is 1. The van der Waals surface area contributed by atoms with E-state index in [4.69, 9.17) is 4.74 Å². The molecule has 0 fully saturated rings. The van der Waals surface area contributed by atoms with Gasteiger partial charge >= 0.3 is 15.6 Å². The first-order chi connectivity index (χ1) is 9.22. The molecule has 1 N–H and O–H groups in total. The van der Waals surface area contributed by atoms with Crippen LogP contribution in [0.3, 0.4) is 0 Å². The number of benzene rings is 1. The molecule has 0 aromatic heterocycles. The van der Waals surface area contributed by atoms with E-state index in [2.05, 4.69) is 4.18 Å². The molecule has 0 aliphatic heterocycles. The molecule has 20 heavy (non-hydrogen) atoms. The lowest BCUT2D eigenvalue weighted by atomic mass is 10.2. The topological polar surface area (TPSA) is 72.8 Å². The van der Waals surface area contributed by atoms with Crippen LogP contribution >= 0.6 is 0 Å². The Morgan fingerprint density at radius 1 is 1.15 bits per heavy atom. The number of aliphatic hydroxyl groups is 1. The van der Waals surface area contributed by atoms with Crippen molar-refractivity contribution in [3.63, 3.8) is 0 Å². The standard InChI is InChI=1S/C11H13F3O5S/c12-11(13,14)20(16,17)19-8-10(15)7-18-6-9-4-2-1-3-5-9/h1-5,10,15H,6-8H2/t10-/m0/s1. The Kier molecular flexibility index (Phi) is 5.93. The lowest BCUT2D eigenvalue weighted by molar-refractivity contribution is -0.0590. The van der Waals surface area contributed by atoms with Crippen molar-refractivity contribution in [2.45, 2.75) is 18.2 Å². The molecule has 1 atom stereocenters. The number of aliphatic hydroxyl groups excluding tert-OH is 1. The van der Waals surface area contributed by atoms with E-state index in [1.54, 1.807) is 30.3 Å². The summed E-state index contributed by atoms with van der Waals surface area (Å²) in [6.07, 6.45) is -1.48. The maximum Gasteiger partial charge on any atom is 0.523 e. The van der Waals surface area contributed by atoms with E-state index in [-0.39, 0.29) is 13.2 Å². The summed E-state index contributed by atoms with van der Waals surface area (Å²) in [5.41, 5.74) is -4.69. The summed E-state index contributed by atoms with van der Waals surface area (Å²) in [6, 6.07) is 8.87. The van der Waals surface area contributed by atoms with Gasteiger partial charge in [0.1, 0.15) is 6.10 Å². The third-order valence-electron chi connectivity index (χ3n) is 2.12. The molecule has 0 saturated heterocycles. The van der Waals surface area contributed by atoms with E-state index in [1.807, 2.05) is 0 Å². The van der Waals surface area contributed by atoms with Crippen LogP contribution in [0.5, 0.6) is 0 Å². The van der Waals surface area contributed by atoms with Crippen LogP contribution in [-0.2, 0) is 25.6 Å². The van der Waals surface area contributed by atoms with Crippen molar-refractivity contribution < 1.29 is 35.6 Å². The van der Waals surface area contributed by atoms with Gasteiger partial charge in [0.25, 0.3) is 0 Å². The van der Waals surface area contributed by atoms with Crippen molar-refractivity contribution in [2.75, 3.05) is 13.2 Å². The molecule has 0 saturated carbocycles. The van der Waals surface area contributed by atoms with Gasteiger partial charge < -0.3 is 9.84 Å². The summed E-state index contributed by atoms with van der Waals surface area (Å²) in [4.78, 5) is 0. The first kappa shape index (κ1) is 16.9. The summed E-state index contributed by atoms with van der Waals surface area (Å²) in [6.45, 7) is -1.22. The molecule has 5 nitrogen and oxygen atoms in total. The van der Waals surface area contributed by atoms with Gasteiger partial charge in [-0.2, -0.15) is 21.6 Å². The second-order valence-electron chi connectivity index (χ2n) is 3.84. The molecule has 1 aromatic carbocycles. The Morgan fingerprint density at radius 3 is 2.30 bits per heavy atom. The molecule has 0 amide bonds. The Balaban J connectivity index is 2.29. The minimum atomic E-state index is -5.69. The summed E-state index contributed by atoms with van der Waals surface area (Å²) in [5.74, 6) is 0. The average molecular weight is 314 g/mol. The van der Waals surface area contributed by atoms with Crippen LogP contribution in [0.25, 0.3) is 0 Å². The van der Waals surface area contributed by atoms with Crippen molar-refractivity contribution in [2.24, 2.45) is 0 Å². The molecule has 0 spiro atoms. The first-order valence-corrected chi connectivity index (χ1v) is 6.88. The van der Waals surface area contributed by atoms with E-state index < -0.39 is 28.3 Å². The molecular formula is C11H13F3O5S. The van der Waals surface area contributed by atoms with E-state index >= 15 is 0 Å². The fourth-order valence-corrected chi connectivity index (χ4v) is 1.64. The largest absolute Gasteiger partial charge is 0.523 e. The van der Waals surface area contributed by atoms with E-state index in [9.17, 15) is 26.7 Å². The van der Waals surface area contributed by atoms with Crippen molar-refractivity contribution in [3.8, 4) is 0 Å². The average Bonchev–Trinajstić information content (AvgIpc) is 2.36. The van der Waals surface area contributed by atoms with Gasteiger partial charge in [-0.25, -0.2) is 0 Å². The van der Waals surface area contributed by atoms with Gasteiger partial charge in [0.05, 0.1) is 19.8 Å². The van der Waals surface area contributed by atoms with Crippen molar-refractivity contribution in [1.29, 1.82) is 0 Å². The van der Waals surface area contributed by atoms with Gasteiger partial charge in [-0.15, -0.1) is 0 Å². The smallest absolute Gasteiger partial charge is 0.388 e. The highest BCUT2D eigenvalue weighted by Crippen LogP contribution is 2.24. The fraction of sp³-hybridized carbons (Fsp3) is 0.455. The van der Waals surface area contributed by atoms with Gasteiger partial charge in [0.2, 0.25) is 0 Å². The molecular weight excluding hydrogens is 301 g/mol. The van der Waals surface area contributed by atoms with Crippen molar-refractivity contribution >= 4 is 10.1 Å². The van der Waals surface area contributed by atoms with Crippen LogP contribution in [0.2, 0.25) is 0 Å². The molecule has 0 aliphatic rings. The number of hydrogen-bond donors (Lipinski definition) is 1. The molecule has 0 unspecified atom stereocenters. The monoisotopic (exact) mass is 314 g/mol. The van der Waals surface area contributed by atoms with E-state index in [0.717, 1.165) is 5.56 Å². The van der Waals surface area contributed by atoms with E-state index in [1.165, 1.54) is 0 Å². The summed E-state index contributed by atoms with van der Waals surface area (Å²) >= 11 is 0. The highest BCUT2D eigenvalue weighted by molar-refractivity contribution is 7.87. The number of rotatable bonds is 7. The van der Waals surface area contributed by atoms with Crippen LogP contribution in [0.4, 0.5) is 13.2 Å². The summed E-state index contributed by atoms with van der Waals surface area (Å²) in [5, 5.41) is 9.27. The zero-order chi connectivity index (χ0) is 15.2. The molecule has 1 aromatic rings. The number of hydrogen-bond acceptors (Lipinski definition) is 5. The molecule has 0 bridgehead atoms. The fourth-order valence-electron chi connectivity index (χ4n) is 1.17. The predicted molar refractivity (Wildman–Crippen MR) is 63.0 cm³/mol. The second kappa shape index (κ2) is 7.02. The molecule has 1 rings (SSSR count). The van der Waals surface area contributed by atoms with Gasteiger partial charge in [0.15, 0.2) is 0 Å².